The third-order valence-corrected chi connectivity index (χ3v) is 3.20. The lowest BCUT2D eigenvalue weighted by Gasteiger charge is -2.22. The molecular weight excluding hydrogens is 232 g/mol. The van der Waals surface area contributed by atoms with Crippen molar-refractivity contribution in [2.75, 3.05) is 13.7 Å². The van der Waals surface area contributed by atoms with Gasteiger partial charge in [0.1, 0.15) is 11.7 Å². The van der Waals surface area contributed by atoms with Crippen LogP contribution in [-0.4, -0.2) is 41.5 Å². The van der Waals surface area contributed by atoms with Crippen molar-refractivity contribution >= 4 is 11.9 Å². The second-order valence-corrected chi connectivity index (χ2v) is 4.35. The molecule has 0 spiro atoms. The van der Waals surface area contributed by atoms with Crippen LogP contribution in [-0.2, 0) is 9.53 Å². The van der Waals surface area contributed by atoms with E-state index in [1.54, 1.807) is 17.2 Å². The predicted molar refractivity (Wildman–Crippen MR) is 65.0 cm³/mol. The van der Waals surface area contributed by atoms with E-state index in [1.165, 1.54) is 7.11 Å². The number of carbonyl (C=O) groups excluding carboxylic acids is 2. The Labute approximate surface area is 106 Å². The van der Waals surface area contributed by atoms with Crippen molar-refractivity contribution in [2.24, 2.45) is 0 Å². The molecule has 5 nitrogen and oxygen atoms in total. The molecule has 0 N–H and O–H groups in total. The quantitative estimate of drug-likeness (QED) is 0.737. The van der Waals surface area contributed by atoms with Crippen molar-refractivity contribution in [3.8, 4) is 0 Å². The summed E-state index contributed by atoms with van der Waals surface area (Å²) in [6.07, 6.45) is 3.06. The molecule has 1 aromatic rings. The molecule has 1 unspecified atom stereocenters. The topological polar surface area (TPSA) is 59.5 Å². The average Bonchev–Trinajstić information content (AvgIpc) is 2.86. The number of ether oxygens (including phenoxy) is 1. The van der Waals surface area contributed by atoms with Gasteiger partial charge in [-0.2, -0.15) is 0 Å². The first-order valence-electron chi connectivity index (χ1n) is 5.95. The Morgan fingerprint density at radius 2 is 2.28 bits per heavy atom. The zero-order valence-electron chi connectivity index (χ0n) is 10.5. The first-order chi connectivity index (χ1) is 8.65. The lowest BCUT2D eigenvalue weighted by molar-refractivity contribution is -0.145. The van der Waals surface area contributed by atoms with Crippen LogP contribution in [0.3, 0.4) is 0 Å². The minimum absolute atomic E-state index is 0.194. The van der Waals surface area contributed by atoms with Crippen molar-refractivity contribution in [3.63, 3.8) is 0 Å². The van der Waals surface area contributed by atoms with Crippen molar-refractivity contribution in [2.45, 2.75) is 25.8 Å². The van der Waals surface area contributed by atoms with Crippen LogP contribution in [0.15, 0.2) is 18.3 Å². The van der Waals surface area contributed by atoms with E-state index in [2.05, 4.69) is 4.98 Å². The second kappa shape index (κ2) is 5.16. The van der Waals surface area contributed by atoms with Gasteiger partial charge in [-0.3, -0.25) is 9.78 Å². The molecule has 0 radical (unpaired) electrons. The molecule has 96 valence electrons. The molecule has 1 aromatic heterocycles. The Kier molecular flexibility index (Phi) is 3.60. The number of methoxy groups -OCH3 is 1. The van der Waals surface area contributed by atoms with E-state index in [0.717, 1.165) is 12.0 Å². The Hall–Kier alpha value is -1.91. The lowest BCUT2D eigenvalue weighted by atomic mass is 10.1. The fourth-order valence-corrected chi connectivity index (χ4v) is 2.24. The van der Waals surface area contributed by atoms with Gasteiger partial charge in [-0.05, 0) is 31.4 Å². The summed E-state index contributed by atoms with van der Waals surface area (Å²) in [4.78, 5) is 29.6. The van der Waals surface area contributed by atoms with Crippen LogP contribution < -0.4 is 0 Å². The van der Waals surface area contributed by atoms with Gasteiger partial charge in [0.15, 0.2) is 0 Å². The molecule has 0 saturated carbocycles. The van der Waals surface area contributed by atoms with Crippen LogP contribution in [0.4, 0.5) is 0 Å². The molecule has 5 heteroatoms. The highest BCUT2D eigenvalue weighted by atomic mass is 16.5. The van der Waals surface area contributed by atoms with Crippen LogP contribution in [0, 0.1) is 6.92 Å². The predicted octanol–water partition coefficient (Wildman–Crippen LogP) is 1.17. The lowest BCUT2D eigenvalue weighted by Crippen LogP contribution is -2.41. The molecule has 0 bridgehead atoms. The number of nitrogens with zero attached hydrogens (tertiary/aromatic N) is 2. The van der Waals surface area contributed by atoms with Gasteiger partial charge < -0.3 is 9.64 Å². The zero-order valence-corrected chi connectivity index (χ0v) is 10.5. The number of esters is 1. The molecule has 1 saturated heterocycles. The van der Waals surface area contributed by atoms with Gasteiger partial charge in [0, 0.05) is 12.7 Å². The largest absolute Gasteiger partial charge is 0.467 e. The fourth-order valence-electron chi connectivity index (χ4n) is 2.24. The van der Waals surface area contributed by atoms with Crippen LogP contribution in [0.1, 0.15) is 28.9 Å². The molecule has 1 atom stereocenters. The molecule has 1 fully saturated rings. The van der Waals surface area contributed by atoms with Crippen LogP contribution in [0.2, 0.25) is 0 Å². The van der Waals surface area contributed by atoms with Gasteiger partial charge in [-0.25, -0.2) is 4.79 Å². The fraction of sp³-hybridized carbons (Fsp3) is 0.462. The first-order valence-corrected chi connectivity index (χ1v) is 5.95. The first kappa shape index (κ1) is 12.5. The number of carbonyl (C=O) groups is 2. The van der Waals surface area contributed by atoms with Crippen molar-refractivity contribution < 1.29 is 14.3 Å². The van der Waals surface area contributed by atoms with Crippen LogP contribution in [0.25, 0.3) is 0 Å². The summed E-state index contributed by atoms with van der Waals surface area (Å²) in [5.41, 5.74) is 1.23. The van der Waals surface area contributed by atoms with E-state index in [-0.39, 0.29) is 11.9 Å². The molecule has 1 aliphatic rings. The summed E-state index contributed by atoms with van der Waals surface area (Å²) in [5.74, 6) is -0.546. The molecule has 2 rings (SSSR count). The van der Waals surface area contributed by atoms with Crippen LogP contribution in [0.5, 0.6) is 0 Å². The highest BCUT2D eigenvalue weighted by Crippen LogP contribution is 2.21. The third-order valence-electron chi connectivity index (χ3n) is 3.20. The Morgan fingerprint density at radius 3 is 2.94 bits per heavy atom. The molecule has 2 heterocycles. The minimum atomic E-state index is -0.469. The van der Waals surface area contributed by atoms with Crippen molar-refractivity contribution in [1.82, 2.24) is 9.88 Å². The number of hydrogen-bond acceptors (Lipinski definition) is 4. The zero-order chi connectivity index (χ0) is 13.1. The maximum Gasteiger partial charge on any atom is 0.328 e. The second-order valence-electron chi connectivity index (χ2n) is 4.35. The smallest absolute Gasteiger partial charge is 0.328 e. The Bertz CT molecular complexity index is 473. The summed E-state index contributed by atoms with van der Waals surface area (Å²) < 4.78 is 4.73. The molecule has 1 aliphatic heterocycles. The molecule has 0 aromatic carbocycles. The normalized spacial score (nSPS) is 18.8. The summed E-state index contributed by atoms with van der Waals surface area (Å²) in [7, 11) is 1.34. The average molecular weight is 248 g/mol. The van der Waals surface area contributed by atoms with E-state index < -0.39 is 6.04 Å². The summed E-state index contributed by atoms with van der Waals surface area (Å²) >= 11 is 0. The maximum atomic E-state index is 12.4. The number of likely N-dealkylation sites (tertiary alicyclic amines) is 1. The number of aromatic nitrogens is 1. The minimum Gasteiger partial charge on any atom is -0.467 e. The molecule has 0 aliphatic carbocycles. The van der Waals surface area contributed by atoms with E-state index in [9.17, 15) is 9.59 Å². The van der Waals surface area contributed by atoms with Gasteiger partial charge in [0.25, 0.3) is 5.91 Å². The van der Waals surface area contributed by atoms with E-state index in [4.69, 9.17) is 4.74 Å². The molecule has 1 amide bonds. The van der Waals surface area contributed by atoms with Crippen molar-refractivity contribution in [3.05, 3.63) is 29.6 Å². The Morgan fingerprint density at radius 1 is 1.50 bits per heavy atom. The van der Waals surface area contributed by atoms with E-state index >= 15 is 0 Å². The standard InChI is InChI=1S/C13H16N2O3/c1-9-5-3-7-14-11(9)12(16)15-8-4-6-10(15)13(17)18-2/h3,5,7,10H,4,6,8H2,1-2H3. The van der Waals surface area contributed by atoms with E-state index in [0.29, 0.717) is 18.7 Å². The number of rotatable bonds is 2. The summed E-state index contributed by atoms with van der Waals surface area (Å²) in [6, 6.07) is 3.15. The van der Waals surface area contributed by atoms with Gasteiger partial charge in [0.05, 0.1) is 7.11 Å². The maximum absolute atomic E-state index is 12.4. The Balaban J connectivity index is 2.23. The third kappa shape index (κ3) is 2.20. The summed E-state index contributed by atoms with van der Waals surface area (Å²) in [6.45, 7) is 2.41. The number of amides is 1. The van der Waals surface area contributed by atoms with Gasteiger partial charge in [-0.1, -0.05) is 6.07 Å². The number of aryl methyl sites for hydroxylation is 1. The number of hydrogen-bond donors (Lipinski definition) is 0. The van der Waals surface area contributed by atoms with Crippen LogP contribution >= 0.6 is 0 Å². The number of pyridine rings is 1. The highest BCUT2D eigenvalue weighted by molar-refractivity contribution is 5.96. The van der Waals surface area contributed by atoms with Gasteiger partial charge in [-0.15, -0.1) is 0 Å². The summed E-state index contributed by atoms with van der Waals surface area (Å²) in [5, 5.41) is 0. The highest BCUT2D eigenvalue weighted by Gasteiger charge is 2.36. The van der Waals surface area contributed by atoms with E-state index in [1.807, 2.05) is 13.0 Å². The molecule has 18 heavy (non-hydrogen) atoms. The molecular formula is C13H16N2O3. The van der Waals surface area contributed by atoms with Gasteiger partial charge >= 0.3 is 5.97 Å². The van der Waals surface area contributed by atoms with Gasteiger partial charge in [0.2, 0.25) is 0 Å². The monoisotopic (exact) mass is 248 g/mol. The SMILES string of the molecule is COC(=O)C1CCCN1C(=O)c1ncccc1C. The van der Waals surface area contributed by atoms with Crippen molar-refractivity contribution in [1.29, 1.82) is 0 Å².